The first-order chi connectivity index (χ1) is 29.7. The van der Waals surface area contributed by atoms with Crippen LogP contribution in [0, 0.1) is 12.5 Å². The first-order valence-electron chi connectivity index (χ1n) is 21.6. The molecular formula is C46H49N9O6. The number of carbonyl (C=O) groups excluding carboxylic acids is 5. The molecule has 3 amide bonds. The molecule has 2 saturated heterocycles. The fraction of sp³-hybridized carbons (Fsp3) is 0.457. The van der Waals surface area contributed by atoms with Crippen LogP contribution >= 0.6 is 0 Å². The molecule has 1 unspecified atom stereocenters. The minimum Gasteiger partial charge on any atom is -0.490 e. The van der Waals surface area contributed by atoms with E-state index in [4.69, 9.17) is 11.3 Å². The lowest BCUT2D eigenvalue weighted by Crippen LogP contribution is -2.47. The first-order valence-corrected chi connectivity index (χ1v) is 21.6. The number of amides is 3. The summed E-state index contributed by atoms with van der Waals surface area (Å²) < 4.78 is 6.36. The number of rotatable bonds is 10. The van der Waals surface area contributed by atoms with Gasteiger partial charge in [0.15, 0.2) is 17.3 Å². The van der Waals surface area contributed by atoms with Gasteiger partial charge in [0.25, 0.3) is 17.7 Å². The largest absolute Gasteiger partial charge is 0.490 e. The Morgan fingerprint density at radius 3 is 2.34 bits per heavy atom. The third-order valence-electron chi connectivity index (χ3n) is 13.2. The van der Waals surface area contributed by atoms with E-state index in [2.05, 4.69) is 40.0 Å². The number of hydrogen-bond acceptors (Lipinski definition) is 12. The van der Waals surface area contributed by atoms with Crippen LogP contribution in [-0.2, 0) is 9.59 Å². The molecule has 3 aliphatic heterocycles. The van der Waals surface area contributed by atoms with Crippen LogP contribution in [0.3, 0.4) is 0 Å². The normalized spacial score (nSPS) is 22.7. The number of nitrogens with zero attached hydrogens (tertiary/aromatic N) is 8. The van der Waals surface area contributed by atoms with E-state index < -0.39 is 17.9 Å². The maximum absolute atomic E-state index is 13.3. The van der Waals surface area contributed by atoms with Crippen LogP contribution in [0.4, 0.5) is 17.2 Å². The fourth-order valence-electron chi connectivity index (χ4n) is 9.61. The van der Waals surface area contributed by atoms with Gasteiger partial charge in [0.05, 0.1) is 41.8 Å². The summed E-state index contributed by atoms with van der Waals surface area (Å²) in [6.07, 6.45) is 8.34. The molecule has 5 aliphatic rings. The molecule has 2 saturated carbocycles. The van der Waals surface area contributed by atoms with Crippen molar-refractivity contribution < 1.29 is 28.7 Å². The van der Waals surface area contributed by atoms with Crippen LogP contribution in [0.25, 0.3) is 15.7 Å². The molecular weight excluding hydrogens is 775 g/mol. The SMILES string of the molecule is [C-]#[N+]c1ccc(OC2CCC(NC(=O)c3ccc(N4CCC(CCN5CCN(c6ccc7c(c6)C(=O)N(C6CCC(=O)CC6=O)C7=O)CC5)CC4)nn3)CC2)c2cccnc12. The minimum atomic E-state index is -0.862. The van der Waals surface area contributed by atoms with Crippen molar-refractivity contribution in [2.24, 2.45) is 5.92 Å². The zero-order valence-electron chi connectivity index (χ0n) is 34.1. The molecule has 4 aromatic rings. The second kappa shape index (κ2) is 17.4. The van der Waals surface area contributed by atoms with Crippen molar-refractivity contribution in [3.8, 4) is 5.75 Å². The Bertz CT molecular complexity index is 2390. The Morgan fingerprint density at radius 2 is 1.61 bits per heavy atom. The molecule has 0 radical (unpaired) electrons. The maximum atomic E-state index is 13.3. The third kappa shape index (κ3) is 8.41. The molecule has 9 rings (SSSR count). The maximum Gasteiger partial charge on any atom is 0.272 e. The smallest absolute Gasteiger partial charge is 0.272 e. The number of carbonyl (C=O) groups is 5. The number of fused-ring (bicyclic) bond motifs is 2. The van der Waals surface area contributed by atoms with E-state index in [1.54, 1.807) is 30.5 Å². The van der Waals surface area contributed by atoms with Crippen LogP contribution < -0.4 is 19.9 Å². The Kier molecular flexibility index (Phi) is 11.4. The van der Waals surface area contributed by atoms with Crippen LogP contribution in [0.15, 0.2) is 60.8 Å². The van der Waals surface area contributed by atoms with Gasteiger partial charge in [-0.2, -0.15) is 0 Å². The van der Waals surface area contributed by atoms with Crippen molar-refractivity contribution in [1.29, 1.82) is 0 Å². The quantitative estimate of drug-likeness (QED) is 0.123. The molecule has 314 valence electrons. The van der Waals surface area contributed by atoms with Crippen LogP contribution in [-0.4, -0.2) is 118 Å². The molecule has 4 fully saturated rings. The molecule has 1 atom stereocenters. The van der Waals surface area contributed by atoms with E-state index in [1.807, 2.05) is 30.3 Å². The molecule has 61 heavy (non-hydrogen) atoms. The van der Waals surface area contributed by atoms with Crippen molar-refractivity contribution in [3.63, 3.8) is 0 Å². The molecule has 15 nitrogen and oxygen atoms in total. The number of piperidine rings is 1. The van der Waals surface area contributed by atoms with Crippen LogP contribution in [0.5, 0.6) is 5.75 Å². The molecule has 0 spiro atoms. The second-order valence-corrected chi connectivity index (χ2v) is 16.9. The van der Waals surface area contributed by atoms with E-state index in [1.165, 1.54) is 0 Å². The number of nitrogens with one attached hydrogen (secondary N) is 1. The number of anilines is 2. The molecule has 2 aromatic heterocycles. The van der Waals surface area contributed by atoms with Gasteiger partial charge in [-0.25, -0.2) is 4.85 Å². The topological polar surface area (TPSA) is 163 Å². The number of Topliss-reactive ketones (excluding diaryl/α,β-unsaturated/α-hetero) is 2. The van der Waals surface area contributed by atoms with Gasteiger partial charge in [0.1, 0.15) is 11.5 Å². The first kappa shape index (κ1) is 40.2. The number of aromatic nitrogens is 3. The van der Waals surface area contributed by atoms with E-state index in [9.17, 15) is 24.0 Å². The number of piperazine rings is 1. The average molecular weight is 824 g/mol. The van der Waals surface area contributed by atoms with Gasteiger partial charge in [-0.1, -0.05) is 6.07 Å². The molecule has 0 bridgehead atoms. The van der Waals surface area contributed by atoms with Crippen molar-refractivity contribution in [2.75, 3.05) is 55.6 Å². The van der Waals surface area contributed by atoms with Gasteiger partial charge in [-0.3, -0.25) is 38.8 Å². The van der Waals surface area contributed by atoms with Gasteiger partial charge in [-0.15, -0.1) is 10.2 Å². The van der Waals surface area contributed by atoms with Crippen LogP contribution in [0.1, 0.15) is 95.4 Å². The lowest BCUT2D eigenvalue weighted by molar-refractivity contribution is -0.132. The lowest BCUT2D eigenvalue weighted by atomic mass is 9.92. The highest BCUT2D eigenvalue weighted by atomic mass is 16.5. The average Bonchev–Trinajstić information content (AvgIpc) is 3.54. The summed E-state index contributed by atoms with van der Waals surface area (Å²) in [5.41, 5.74) is 3.02. The summed E-state index contributed by atoms with van der Waals surface area (Å²) in [5.74, 6) is 0.530. The standard InChI is InChI=1S/C46H49N9O6/c1-47-37-11-14-41(35-3-2-19-48-43(35)37)61-33-8-4-30(5-9-33)49-44(58)38-12-15-42(51-50-38)54-21-17-29(18-22-54)16-20-52-23-25-53(26-24-52)31-6-10-34-36(27-31)46(60)55(45(34)59)39-13-7-32(56)28-40(39)57/h2-3,6,10-12,14-15,19,27,29-30,33,39H,4-5,7-9,13,16-18,20-26,28H2,(H,49,58). The van der Waals surface area contributed by atoms with Crippen molar-refractivity contribution >= 4 is 57.4 Å². The van der Waals surface area contributed by atoms with Gasteiger partial charge in [0, 0.05) is 69.0 Å². The molecule has 15 heteroatoms. The van der Waals surface area contributed by atoms with E-state index in [0.717, 1.165) is 118 Å². The van der Waals surface area contributed by atoms with Crippen molar-refractivity contribution in [3.05, 3.63) is 89.0 Å². The second-order valence-electron chi connectivity index (χ2n) is 16.9. The zero-order valence-corrected chi connectivity index (χ0v) is 34.1. The van der Waals surface area contributed by atoms with E-state index in [0.29, 0.717) is 33.9 Å². The highest BCUT2D eigenvalue weighted by Crippen LogP contribution is 2.35. The number of ether oxygens (including phenoxy) is 1. The fourth-order valence-corrected chi connectivity index (χ4v) is 9.61. The van der Waals surface area contributed by atoms with Gasteiger partial charge in [-0.05, 0) is 112 Å². The van der Waals surface area contributed by atoms with E-state index >= 15 is 0 Å². The predicted octanol–water partition coefficient (Wildman–Crippen LogP) is 5.41. The number of benzene rings is 2. The Labute approximate surface area is 354 Å². The summed E-state index contributed by atoms with van der Waals surface area (Å²) >= 11 is 0. The number of imide groups is 1. The summed E-state index contributed by atoms with van der Waals surface area (Å²) in [6, 6.07) is 15.6. The highest BCUT2D eigenvalue weighted by molar-refractivity contribution is 6.24. The zero-order chi connectivity index (χ0) is 42.0. The van der Waals surface area contributed by atoms with Gasteiger partial charge < -0.3 is 19.9 Å². The molecule has 2 aliphatic carbocycles. The molecule has 2 aromatic carbocycles. The van der Waals surface area contributed by atoms with Crippen molar-refractivity contribution in [2.45, 2.75) is 82.4 Å². The minimum absolute atomic E-state index is 0.0214. The Morgan fingerprint density at radius 1 is 0.820 bits per heavy atom. The third-order valence-corrected chi connectivity index (χ3v) is 13.2. The van der Waals surface area contributed by atoms with E-state index in [-0.39, 0.29) is 48.9 Å². The summed E-state index contributed by atoms with van der Waals surface area (Å²) in [6.45, 7) is 13.7. The molecule has 1 N–H and O–H groups in total. The molecule has 5 heterocycles. The number of ketones is 2. The highest BCUT2D eigenvalue weighted by Gasteiger charge is 2.44. The summed E-state index contributed by atoms with van der Waals surface area (Å²) in [5, 5.41) is 12.7. The lowest BCUT2D eigenvalue weighted by Gasteiger charge is -2.38. The summed E-state index contributed by atoms with van der Waals surface area (Å²) in [4.78, 5) is 79.9. The predicted molar refractivity (Wildman–Crippen MR) is 227 cm³/mol. The van der Waals surface area contributed by atoms with Gasteiger partial charge in [0.2, 0.25) is 5.69 Å². The Hall–Kier alpha value is -6.27. The monoisotopic (exact) mass is 823 g/mol. The van der Waals surface area contributed by atoms with Crippen molar-refractivity contribution in [1.82, 2.24) is 30.3 Å². The van der Waals surface area contributed by atoms with Gasteiger partial charge >= 0.3 is 0 Å². The number of hydrogen-bond donors (Lipinski definition) is 1. The van der Waals surface area contributed by atoms with Crippen LogP contribution in [0.2, 0.25) is 0 Å². The summed E-state index contributed by atoms with van der Waals surface area (Å²) in [7, 11) is 0. The number of pyridine rings is 1. The Balaban J connectivity index is 0.684.